The Labute approximate surface area is 163 Å². The van der Waals surface area contributed by atoms with Crippen LogP contribution in [0.2, 0.25) is 0 Å². The predicted octanol–water partition coefficient (Wildman–Crippen LogP) is 3.43. The summed E-state index contributed by atoms with van der Waals surface area (Å²) in [6.07, 6.45) is 1.42. The van der Waals surface area contributed by atoms with Gasteiger partial charge in [0.1, 0.15) is 11.6 Å². The molecule has 7 nitrogen and oxygen atoms in total. The van der Waals surface area contributed by atoms with Crippen molar-refractivity contribution in [2.45, 2.75) is 6.92 Å². The summed E-state index contributed by atoms with van der Waals surface area (Å²) < 4.78 is 15.4. The molecule has 2 aromatic rings. The Morgan fingerprint density at radius 2 is 1.89 bits per heavy atom. The maximum atomic E-state index is 12.5. The highest BCUT2D eigenvalue weighted by atomic mass is 16.5. The molecule has 0 heterocycles. The molecule has 144 valence electrons. The molecule has 0 aromatic heterocycles. The third-order valence-corrected chi connectivity index (χ3v) is 3.74. The lowest BCUT2D eigenvalue weighted by Crippen LogP contribution is -2.16. The van der Waals surface area contributed by atoms with Crippen molar-refractivity contribution in [1.29, 1.82) is 5.26 Å². The number of hydrogen-bond donors (Lipinski definition) is 1. The summed E-state index contributed by atoms with van der Waals surface area (Å²) in [5.74, 6) is -0.178. The second kappa shape index (κ2) is 9.78. The highest BCUT2D eigenvalue weighted by Gasteiger charge is 2.16. The Hall–Kier alpha value is -3.79. The first-order valence-electron chi connectivity index (χ1n) is 8.45. The van der Waals surface area contributed by atoms with Crippen LogP contribution in [-0.4, -0.2) is 32.7 Å². The summed E-state index contributed by atoms with van der Waals surface area (Å²) in [6.45, 7) is 2.34. The normalized spacial score (nSPS) is 10.6. The van der Waals surface area contributed by atoms with Gasteiger partial charge in [-0.05, 0) is 42.8 Å². The number of amides is 1. The molecule has 0 unspecified atom stereocenters. The van der Waals surface area contributed by atoms with Crippen molar-refractivity contribution in [3.05, 3.63) is 59.2 Å². The predicted molar refractivity (Wildman–Crippen MR) is 104 cm³/mol. The fourth-order valence-corrected chi connectivity index (χ4v) is 2.43. The van der Waals surface area contributed by atoms with Crippen LogP contribution in [0.1, 0.15) is 22.8 Å². The van der Waals surface area contributed by atoms with Crippen molar-refractivity contribution in [3.8, 4) is 17.6 Å². The lowest BCUT2D eigenvalue weighted by Gasteiger charge is -2.10. The highest BCUT2D eigenvalue weighted by molar-refractivity contribution is 6.12. The van der Waals surface area contributed by atoms with Gasteiger partial charge >= 0.3 is 5.97 Å². The van der Waals surface area contributed by atoms with Gasteiger partial charge < -0.3 is 19.5 Å². The maximum absolute atomic E-state index is 12.5. The van der Waals surface area contributed by atoms with E-state index in [-0.39, 0.29) is 16.8 Å². The maximum Gasteiger partial charge on any atom is 0.339 e. The lowest BCUT2D eigenvalue weighted by atomic mass is 10.1. The molecule has 2 rings (SSSR count). The summed E-state index contributed by atoms with van der Waals surface area (Å²) in [4.78, 5) is 24.3. The molecule has 0 atom stereocenters. The topological polar surface area (TPSA) is 97.7 Å². The molecular weight excluding hydrogens is 360 g/mol. The van der Waals surface area contributed by atoms with Crippen LogP contribution in [0.4, 0.5) is 5.69 Å². The van der Waals surface area contributed by atoms with Gasteiger partial charge in [0, 0.05) is 0 Å². The lowest BCUT2D eigenvalue weighted by molar-refractivity contribution is -0.112. The average molecular weight is 380 g/mol. The van der Waals surface area contributed by atoms with Crippen LogP contribution in [0.15, 0.2) is 48.0 Å². The van der Waals surface area contributed by atoms with Gasteiger partial charge in [-0.15, -0.1) is 0 Å². The fourth-order valence-electron chi connectivity index (χ4n) is 2.43. The molecule has 28 heavy (non-hydrogen) atoms. The Bertz CT molecular complexity index is 944. The van der Waals surface area contributed by atoms with E-state index >= 15 is 0 Å². The smallest absolute Gasteiger partial charge is 0.339 e. The van der Waals surface area contributed by atoms with Gasteiger partial charge in [0.25, 0.3) is 5.91 Å². The first kappa shape index (κ1) is 20.5. The molecular formula is C21H20N2O5. The molecule has 0 fully saturated rings. The van der Waals surface area contributed by atoms with Crippen molar-refractivity contribution in [1.82, 2.24) is 0 Å². The SMILES string of the molecule is CCOc1ccc(/C=C(\C#N)C(=O)Nc2ccccc2C(=O)OC)cc1OC. The van der Waals surface area contributed by atoms with Crippen LogP contribution >= 0.6 is 0 Å². The zero-order chi connectivity index (χ0) is 20.5. The number of carbonyl (C=O) groups is 2. The first-order chi connectivity index (χ1) is 13.5. The second-order valence-corrected chi connectivity index (χ2v) is 5.50. The van der Waals surface area contributed by atoms with Crippen LogP contribution in [0.3, 0.4) is 0 Å². The number of methoxy groups -OCH3 is 2. The molecule has 0 radical (unpaired) electrons. The molecule has 0 aliphatic carbocycles. The molecule has 0 aliphatic heterocycles. The zero-order valence-corrected chi connectivity index (χ0v) is 15.8. The molecule has 7 heteroatoms. The van der Waals surface area contributed by atoms with Gasteiger partial charge in [-0.25, -0.2) is 4.79 Å². The van der Waals surface area contributed by atoms with Crippen molar-refractivity contribution in [2.75, 3.05) is 26.1 Å². The number of ether oxygens (including phenoxy) is 3. The van der Waals surface area contributed by atoms with Crippen molar-refractivity contribution < 1.29 is 23.8 Å². The van der Waals surface area contributed by atoms with Crippen LogP contribution in [0, 0.1) is 11.3 Å². The zero-order valence-electron chi connectivity index (χ0n) is 15.8. The van der Waals surface area contributed by atoms with E-state index in [2.05, 4.69) is 5.32 Å². The summed E-state index contributed by atoms with van der Waals surface area (Å²) in [5.41, 5.74) is 0.905. The van der Waals surface area contributed by atoms with Gasteiger partial charge in [0.05, 0.1) is 32.1 Å². The Morgan fingerprint density at radius 3 is 2.54 bits per heavy atom. The van der Waals surface area contributed by atoms with Crippen LogP contribution in [-0.2, 0) is 9.53 Å². The van der Waals surface area contributed by atoms with Crippen molar-refractivity contribution in [3.63, 3.8) is 0 Å². The van der Waals surface area contributed by atoms with E-state index in [0.717, 1.165) is 0 Å². The fraction of sp³-hybridized carbons (Fsp3) is 0.190. The third kappa shape index (κ3) is 4.89. The molecule has 0 saturated carbocycles. The van der Waals surface area contributed by atoms with Gasteiger partial charge in [-0.3, -0.25) is 4.79 Å². The number of para-hydroxylation sites is 1. The van der Waals surface area contributed by atoms with Gasteiger partial charge in [0.2, 0.25) is 0 Å². The first-order valence-corrected chi connectivity index (χ1v) is 8.45. The van der Waals surface area contributed by atoms with E-state index in [4.69, 9.17) is 14.2 Å². The Morgan fingerprint density at radius 1 is 1.14 bits per heavy atom. The van der Waals surface area contributed by atoms with Gasteiger partial charge in [-0.1, -0.05) is 18.2 Å². The quantitative estimate of drug-likeness (QED) is 0.449. The van der Waals surface area contributed by atoms with Crippen molar-refractivity contribution >= 4 is 23.6 Å². The molecule has 0 aliphatic rings. The number of benzene rings is 2. The summed E-state index contributed by atoms with van der Waals surface area (Å²) >= 11 is 0. The second-order valence-electron chi connectivity index (χ2n) is 5.50. The van der Waals surface area contributed by atoms with Crippen LogP contribution in [0.5, 0.6) is 11.5 Å². The number of rotatable bonds is 7. The number of nitriles is 1. The number of esters is 1. The molecule has 1 amide bonds. The average Bonchev–Trinajstić information content (AvgIpc) is 2.72. The van der Waals surface area contributed by atoms with Gasteiger partial charge in [0.15, 0.2) is 11.5 Å². The summed E-state index contributed by atoms with van der Waals surface area (Å²) in [5, 5.41) is 12.0. The minimum absolute atomic E-state index is 0.133. The molecule has 1 N–H and O–H groups in total. The number of hydrogen-bond acceptors (Lipinski definition) is 6. The van der Waals surface area contributed by atoms with Crippen LogP contribution < -0.4 is 14.8 Å². The summed E-state index contributed by atoms with van der Waals surface area (Å²) in [6, 6.07) is 13.3. The monoisotopic (exact) mass is 380 g/mol. The van der Waals surface area contributed by atoms with E-state index in [0.29, 0.717) is 23.7 Å². The van der Waals surface area contributed by atoms with Crippen molar-refractivity contribution in [2.24, 2.45) is 0 Å². The van der Waals surface area contributed by atoms with E-state index in [9.17, 15) is 14.9 Å². The number of anilines is 1. The number of nitrogens with zero attached hydrogens (tertiary/aromatic N) is 1. The Balaban J connectivity index is 2.30. The summed E-state index contributed by atoms with van der Waals surface area (Å²) in [7, 11) is 2.76. The largest absolute Gasteiger partial charge is 0.493 e. The van der Waals surface area contributed by atoms with Crippen LogP contribution in [0.25, 0.3) is 6.08 Å². The van der Waals surface area contributed by atoms with E-state index < -0.39 is 11.9 Å². The third-order valence-electron chi connectivity index (χ3n) is 3.74. The Kier molecular flexibility index (Phi) is 7.17. The minimum Gasteiger partial charge on any atom is -0.493 e. The molecule has 0 bridgehead atoms. The minimum atomic E-state index is -0.647. The molecule has 0 saturated heterocycles. The standard InChI is InChI=1S/C21H20N2O5/c1-4-28-18-10-9-14(12-19(18)26-2)11-15(13-22)20(24)23-17-8-6-5-7-16(17)21(25)27-3/h5-12H,4H2,1-3H3,(H,23,24)/b15-11+. The van der Waals surface area contributed by atoms with Gasteiger partial charge in [-0.2, -0.15) is 5.26 Å². The number of carbonyl (C=O) groups excluding carboxylic acids is 2. The van der Waals surface area contributed by atoms with E-state index in [1.807, 2.05) is 13.0 Å². The van der Waals surface area contributed by atoms with E-state index in [1.54, 1.807) is 36.4 Å². The molecule has 0 spiro atoms. The number of nitrogens with one attached hydrogen (secondary N) is 1. The molecule has 2 aromatic carbocycles. The van der Waals surface area contributed by atoms with E-state index in [1.165, 1.54) is 26.4 Å². The highest BCUT2D eigenvalue weighted by Crippen LogP contribution is 2.29.